The summed E-state index contributed by atoms with van der Waals surface area (Å²) in [5.74, 6) is 1.13. The molecule has 0 amide bonds. The molecule has 3 aromatic carbocycles. The number of hydrogen-bond acceptors (Lipinski definition) is 4. The van der Waals surface area contributed by atoms with Crippen LogP contribution in [0.3, 0.4) is 0 Å². The number of methoxy groups -OCH3 is 2. The van der Waals surface area contributed by atoms with Crippen molar-refractivity contribution in [2.45, 2.75) is 6.92 Å². The first-order chi connectivity index (χ1) is 11.6. The average molecular weight is 322 g/mol. The van der Waals surface area contributed by atoms with Crippen LogP contribution in [-0.2, 0) is 4.79 Å². The number of hydrogen-bond donors (Lipinski definition) is 0. The fraction of sp³-hybridized carbons (Fsp3) is 0.150. The molecule has 4 heteroatoms. The molecule has 0 heterocycles. The van der Waals surface area contributed by atoms with Gasteiger partial charge >= 0.3 is 5.97 Å². The molecule has 0 aliphatic carbocycles. The molecule has 3 rings (SSSR count). The van der Waals surface area contributed by atoms with Gasteiger partial charge in [-0.3, -0.25) is 4.79 Å². The Labute approximate surface area is 140 Å². The largest absolute Gasteiger partial charge is 0.496 e. The highest BCUT2D eigenvalue weighted by Gasteiger charge is 2.17. The molecule has 0 saturated carbocycles. The number of carbonyl (C=O) groups is 1. The number of fused-ring (bicyclic) bond motifs is 1. The summed E-state index contributed by atoms with van der Waals surface area (Å²) >= 11 is 0. The van der Waals surface area contributed by atoms with Crippen LogP contribution in [0.1, 0.15) is 6.92 Å². The van der Waals surface area contributed by atoms with Gasteiger partial charge in [-0.15, -0.1) is 0 Å². The third-order valence-electron chi connectivity index (χ3n) is 3.81. The summed E-state index contributed by atoms with van der Waals surface area (Å²) in [7, 11) is 3.14. The second kappa shape index (κ2) is 6.62. The van der Waals surface area contributed by atoms with Crippen molar-refractivity contribution >= 4 is 16.7 Å². The van der Waals surface area contributed by atoms with Gasteiger partial charge < -0.3 is 14.2 Å². The molecule has 0 N–H and O–H groups in total. The summed E-state index contributed by atoms with van der Waals surface area (Å²) in [6.45, 7) is 1.37. The normalized spacial score (nSPS) is 10.5. The lowest BCUT2D eigenvalue weighted by Crippen LogP contribution is -2.04. The molecule has 122 valence electrons. The van der Waals surface area contributed by atoms with Gasteiger partial charge in [0.25, 0.3) is 0 Å². The van der Waals surface area contributed by atoms with Crippen LogP contribution in [0.4, 0.5) is 0 Å². The number of benzene rings is 3. The Hall–Kier alpha value is -3.01. The van der Waals surface area contributed by atoms with E-state index >= 15 is 0 Å². The molecular formula is C20H18O4. The third kappa shape index (κ3) is 2.91. The summed E-state index contributed by atoms with van der Waals surface area (Å²) < 4.78 is 16.2. The number of carbonyl (C=O) groups excluding carboxylic acids is 1. The maximum Gasteiger partial charge on any atom is 0.308 e. The zero-order valence-corrected chi connectivity index (χ0v) is 13.8. The van der Waals surface area contributed by atoms with Crippen LogP contribution in [0.2, 0.25) is 0 Å². The van der Waals surface area contributed by atoms with Gasteiger partial charge in [0.05, 0.1) is 14.2 Å². The second-order valence-corrected chi connectivity index (χ2v) is 5.33. The monoisotopic (exact) mass is 322 g/mol. The van der Waals surface area contributed by atoms with E-state index in [9.17, 15) is 4.79 Å². The van der Waals surface area contributed by atoms with Crippen molar-refractivity contribution in [3.05, 3.63) is 54.6 Å². The molecule has 0 unspecified atom stereocenters. The van der Waals surface area contributed by atoms with E-state index in [4.69, 9.17) is 14.2 Å². The zero-order valence-electron chi connectivity index (χ0n) is 13.8. The molecule has 0 spiro atoms. The van der Waals surface area contributed by atoms with Gasteiger partial charge in [0.15, 0.2) is 11.5 Å². The van der Waals surface area contributed by atoms with Crippen LogP contribution in [-0.4, -0.2) is 20.2 Å². The van der Waals surface area contributed by atoms with Crippen LogP contribution in [0, 0.1) is 0 Å². The number of ether oxygens (including phenoxy) is 3. The topological polar surface area (TPSA) is 44.8 Å². The zero-order chi connectivity index (χ0) is 17.1. The van der Waals surface area contributed by atoms with Crippen LogP contribution in [0.5, 0.6) is 17.2 Å². The smallest absolute Gasteiger partial charge is 0.308 e. The van der Waals surface area contributed by atoms with Gasteiger partial charge in [0.2, 0.25) is 0 Å². The van der Waals surface area contributed by atoms with Crippen molar-refractivity contribution in [3.63, 3.8) is 0 Å². The minimum absolute atomic E-state index is 0.396. The minimum atomic E-state index is -0.396. The van der Waals surface area contributed by atoms with Crippen molar-refractivity contribution in [1.82, 2.24) is 0 Å². The Morgan fingerprint density at radius 1 is 0.792 bits per heavy atom. The van der Waals surface area contributed by atoms with Gasteiger partial charge in [-0.2, -0.15) is 0 Å². The molecule has 0 saturated heterocycles. The molecule has 0 fully saturated rings. The van der Waals surface area contributed by atoms with E-state index in [0.29, 0.717) is 17.2 Å². The molecule has 0 aliphatic rings. The van der Waals surface area contributed by atoms with Crippen LogP contribution >= 0.6 is 0 Å². The summed E-state index contributed by atoms with van der Waals surface area (Å²) in [6, 6.07) is 17.7. The van der Waals surface area contributed by atoms with E-state index in [-0.39, 0.29) is 0 Å². The molecule has 3 aromatic rings. The molecule has 0 aromatic heterocycles. The fourth-order valence-corrected chi connectivity index (χ4v) is 2.72. The number of rotatable bonds is 4. The molecule has 0 bridgehead atoms. The molecule has 24 heavy (non-hydrogen) atoms. The Morgan fingerprint density at radius 2 is 1.50 bits per heavy atom. The van der Waals surface area contributed by atoms with Crippen molar-refractivity contribution in [2.75, 3.05) is 14.2 Å². The van der Waals surface area contributed by atoms with Crippen LogP contribution in [0.15, 0.2) is 54.6 Å². The molecular weight excluding hydrogens is 304 g/mol. The van der Waals surface area contributed by atoms with Gasteiger partial charge in [-0.1, -0.05) is 36.4 Å². The highest BCUT2D eigenvalue weighted by atomic mass is 16.6. The van der Waals surface area contributed by atoms with Crippen molar-refractivity contribution < 1.29 is 19.0 Å². The average Bonchev–Trinajstić information content (AvgIpc) is 2.62. The van der Waals surface area contributed by atoms with E-state index in [2.05, 4.69) is 0 Å². The van der Waals surface area contributed by atoms with Gasteiger partial charge in [0, 0.05) is 23.8 Å². The van der Waals surface area contributed by atoms with E-state index in [1.165, 1.54) is 14.0 Å². The lowest BCUT2D eigenvalue weighted by atomic mass is 10.00. The molecule has 0 atom stereocenters. The molecule has 0 radical (unpaired) electrons. The Bertz CT molecular complexity index is 885. The first-order valence-electron chi connectivity index (χ1n) is 7.56. The maximum absolute atomic E-state index is 11.5. The van der Waals surface area contributed by atoms with Crippen LogP contribution in [0.25, 0.3) is 21.9 Å². The summed E-state index contributed by atoms with van der Waals surface area (Å²) in [6.07, 6.45) is 0. The lowest BCUT2D eigenvalue weighted by molar-refractivity contribution is -0.131. The molecule has 4 nitrogen and oxygen atoms in total. The SMILES string of the molecule is COc1cc(OC)c2cc(-c3ccccc3)ccc2c1OC(C)=O. The van der Waals surface area contributed by atoms with Gasteiger partial charge in [-0.25, -0.2) is 0 Å². The van der Waals surface area contributed by atoms with E-state index in [1.54, 1.807) is 13.2 Å². The van der Waals surface area contributed by atoms with Crippen molar-refractivity contribution in [3.8, 4) is 28.4 Å². The first-order valence-corrected chi connectivity index (χ1v) is 7.56. The summed E-state index contributed by atoms with van der Waals surface area (Å²) in [5.41, 5.74) is 2.16. The van der Waals surface area contributed by atoms with Gasteiger partial charge in [-0.05, 0) is 23.3 Å². The van der Waals surface area contributed by atoms with E-state index in [1.807, 2.05) is 48.5 Å². The van der Waals surface area contributed by atoms with E-state index in [0.717, 1.165) is 21.9 Å². The lowest BCUT2D eigenvalue weighted by Gasteiger charge is -2.15. The fourth-order valence-electron chi connectivity index (χ4n) is 2.72. The highest BCUT2D eigenvalue weighted by Crippen LogP contribution is 2.42. The van der Waals surface area contributed by atoms with Crippen molar-refractivity contribution in [2.24, 2.45) is 0 Å². The Kier molecular flexibility index (Phi) is 4.38. The highest BCUT2D eigenvalue weighted by molar-refractivity contribution is 5.99. The predicted molar refractivity (Wildman–Crippen MR) is 93.8 cm³/mol. The summed E-state index contributed by atoms with van der Waals surface area (Å²) in [5, 5.41) is 1.62. The minimum Gasteiger partial charge on any atom is -0.496 e. The van der Waals surface area contributed by atoms with Crippen molar-refractivity contribution in [1.29, 1.82) is 0 Å². The predicted octanol–water partition coefficient (Wildman–Crippen LogP) is 4.45. The van der Waals surface area contributed by atoms with E-state index < -0.39 is 5.97 Å². The molecule has 0 aliphatic heterocycles. The maximum atomic E-state index is 11.5. The quantitative estimate of drug-likeness (QED) is 0.526. The summed E-state index contributed by atoms with van der Waals surface area (Å²) in [4.78, 5) is 11.5. The first kappa shape index (κ1) is 15.9. The third-order valence-corrected chi connectivity index (χ3v) is 3.81. The Morgan fingerprint density at radius 3 is 2.12 bits per heavy atom. The van der Waals surface area contributed by atoms with Gasteiger partial charge in [0.1, 0.15) is 5.75 Å². The second-order valence-electron chi connectivity index (χ2n) is 5.33. The number of esters is 1. The van der Waals surface area contributed by atoms with Crippen LogP contribution < -0.4 is 14.2 Å². The standard InChI is InChI=1S/C20H18O4/c1-13(21)24-20-16-10-9-15(14-7-5-4-6-8-14)11-17(16)18(22-2)12-19(20)23-3/h4-12H,1-3H3. The Balaban J connectivity index is 2.27.